The van der Waals surface area contributed by atoms with Crippen molar-refractivity contribution in [1.29, 1.82) is 0 Å². The van der Waals surface area contributed by atoms with E-state index < -0.39 is 0 Å². The molecule has 1 aliphatic carbocycles. The van der Waals surface area contributed by atoms with Gasteiger partial charge in [-0.05, 0) is 37.1 Å². The Bertz CT molecular complexity index is 1080. The fourth-order valence-electron chi connectivity index (χ4n) is 3.80. The van der Waals surface area contributed by atoms with E-state index in [1.807, 2.05) is 48.5 Å². The molecule has 1 aliphatic rings. The zero-order chi connectivity index (χ0) is 18.9. The summed E-state index contributed by atoms with van der Waals surface area (Å²) < 4.78 is 8.12. The summed E-state index contributed by atoms with van der Waals surface area (Å²) in [5.41, 5.74) is 2.62. The highest BCUT2D eigenvalue weighted by Crippen LogP contribution is 2.38. The van der Waals surface area contributed by atoms with Crippen molar-refractivity contribution in [3.63, 3.8) is 0 Å². The van der Waals surface area contributed by atoms with Gasteiger partial charge in [-0.25, -0.2) is 4.98 Å². The quantitative estimate of drug-likeness (QED) is 0.369. The van der Waals surface area contributed by atoms with E-state index in [0.29, 0.717) is 22.7 Å². The Labute approximate surface area is 172 Å². The third kappa shape index (κ3) is 3.31. The van der Waals surface area contributed by atoms with E-state index in [4.69, 9.17) is 16.0 Å². The van der Waals surface area contributed by atoms with Crippen molar-refractivity contribution in [2.75, 3.05) is 0 Å². The molecule has 1 fully saturated rings. The molecule has 0 amide bonds. The first-order valence-corrected chi connectivity index (χ1v) is 10.8. The average molecular weight is 411 g/mol. The van der Waals surface area contributed by atoms with Crippen LogP contribution in [0.2, 0.25) is 5.02 Å². The van der Waals surface area contributed by atoms with Crippen molar-refractivity contribution in [3.8, 4) is 11.4 Å². The molecule has 0 bridgehead atoms. The fraction of sp³-hybridized carbons (Fsp3) is 0.286. The van der Waals surface area contributed by atoms with E-state index in [2.05, 4.69) is 19.7 Å². The van der Waals surface area contributed by atoms with Crippen molar-refractivity contribution in [1.82, 2.24) is 19.7 Å². The lowest BCUT2D eigenvalue weighted by atomic mass is 10.2. The minimum Gasteiger partial charge on any atom is -0.440 e. The molecule has 0 spiro atoms. The van der Waals surface area contributed by atoms with Crippen LogP contribution in [0.1, 0.15) is 37.6 Å². The first-order valence-electron chi connectivity index (χ1n) is 9.46. The summed E-state index contributed by atoms with van der Waals surface area (Å²) in [6.45, 7) is 0. The Morgan fingerprint density at radius 1 is 1.04 bits per heavy atom. The van der Waals surface area contributed by atoms with Crippen LogP contribution >= 0.6 is 23.4 Å². The number of hydrogen-bond donors (Lipinski definition) is 0. The lowest BCUT2D eigenvalue weighted by Gasteiger charge is -2.17. The molecule has 0 N–H and O–H groups in total. The van der Waals surface area contributed by atoms with E-state index in [9.17, 15) is 0 Å². The second-order valence-corrected chi connectivity index (χ2v) is 8.31. The van der Waals surface area contributed by atoms with Crippen LogP contribution in [-0.2, 0) is 5.75 Å². The van der Waals surface area contributed by atoms with Crippen LogP contribution in [0.25, 0.3) is 22.5 Å². The number of oxazole rings is 1. The molecule has 2 aromatic heterocycles. The SMILES string of the molecule is Clc1ccccc1-c1nnc(SCc2nc3ccccc3o2)n1C1CCCC1. The molecule has 5 rings (SSSR count). The van der Waals surface area contributed by atoms with Crippen LogP contribution in [0, 0.1) is 0 Å². The maximum absolute atomic E-state index is 6.45. The Hall–Kier alpha value is -2.31. The molecule has 7 heteroatoms. The molecular formula is C21H19ClN4OS. The normalized spacial score (nSPS) is 14.9. The van der Waals surface area contributed by atoms with Crippen molar-refractivity contribution >= 4 is 34.5 Å². The van der Waals surface area contributed by atoms with Gasteiger partial charge in [0.25, 0.3) is 0 Å². The predicted molar refractivity (Wildman–Crippen MR) is 112 cm³/mol. The molecule has 2 aromatic carbocycles. The summed E-state index contributed by atoms with van der Waals surface area (Å²) >= 11 is 8.07. The number of aromatic nitrogens is 4. The molecule has 4 aromatic rings. The van der Waals surface area contributed by atoms with E-state index in [1.165, 1.54) is 12.8 Å². The largest absolute Gasteiger partial charge is 0.440 e. The number of thioether (sulfide) groups is 1. The molecule has 5 nitrogen and oxygen atoms in total. The molecule has 2 heterocycles. The van der Waals surface area contributed by atoms with Gasteiger partial charge in [0.2, 0.25) is 5.89 Å². The van der Waals surface area contributed by atoms with E-state index in [-0.39, 0.29) is 0 Å². The van der Waals surface area contributed by atoms with Crippen molar-refractivity contribution in [2.45, 2.75) is 42.6 Å². The van der Waals surface area contributed by atoms with Crippen LogP contribution < -0.4 is 0 Å². The van der Waals surface area contributed by atoms with E-state index in [1.54, 1.807) is 11.8 Å². The van der Waals surface area contributed by atoms with Gasteiger partial charge in [-0.3, -0.25) is 4.57 Å². The van der Waals surface area contributed by atoms with Crippen LogP contribution in [0.5, 0.6) is 0 Å². The second-order valence-electron chi connectivity index (χ2n) is 6.96. The van der Waals surface area contributed by atoms with Crippen molar-refractivity contribution in [2.24, 2.45) is 0 Å². The average Bonchev–Trinajstić information content (AvgIpc) is 3.45. The molecular weight excluding hydrogens is 392 g/mol. The van der Waals surface area contributed by atoms with Gasteiger partial charge in [-0.2, -0.15) is 0 Å². The summed E-state index contributed by atoms with van der Waals surface area (Å²) in [4.78, 5) is 4.57. The highest BCUT2D eigenvalue weighted by molar-refractivity contribution is 7.98. The summed E-state index contributed by atoms with van der Waals surface area (Å²) in [6.07, 6.45) is 4.76. The maximum atomic E-state index is 6.45. The first-order chi connectivity index (χ1) is 13.8. The minimum absolute atomic E-state index is 0.410. The Morgan fingerprint density at radius 3 is 2.64 bits per heavy atom. The monoisotopic (exact) mass is 410 g/mol. The van der Waals surface area contributed by atoms with Gasteiger partial charge < -0.3 is 4.42 Å². The Balaban J connectivity index is 1.47. The van der Waals surface area contributed by atoms with Crippen LogP contribution in [0.3, 0.4) is 0 Å². The molecule has 0 unspecified atom stereocenters. The zero-order valence-corrected chi connectivity index (χ0v) is 16.8. The molecule has 0 atom stereocenters. The van der Waals surface area contributed by atoms with Gasteiger partial charge in [0.1, 0.15) is 5.52 Å². The number of halogens is 1. The Kier molecular flexibility index (Phi) is 4.82. The number of nitrogens with zero attached hydrogens (tertiary/aromatic N) is 4. The van der Waals surface area contributed by atoms with Crippen LogP contribution in [0.4, 0.5) is 0 Å². The lowest BCUT2D eigenvalue weighted by molar-refractivity contribution is 0.485. The minimum atomic E-state index is 0.410. The number of fused-ring (bicyclic) bond motifs is 1. The standard InChI is InChI=1S/C21H19ClN4OS/c22-16-10-4-3-9-15(16)20-24-25-21(26(20)14-7-1-2-8-14)28-13-19-23-17-11-5-6-12-18(17)27-19/h3-6,9-12,14H,1-2,7-8,13H2. The van der Waals surface area contributed by atoms with E-state index in [0.717, 1.165) is 40.5 Å². The van der Waals surface area contributed by atoms with Gasteiger partial charge in [0.05, 0.1) is 10.8 Å². The lowest BCUT2D eigenvalue weighted by Crippen LogP contribution is -2.08. The summed E-state index contributed by atoms with van der Waals surface area (Å²) in [5.74, 6) is 2.16. The van der Waals surface area contributed by atoms with Crippen LogP contribution in [-0.4, -0.2) is 19.7 Å². The highest BCUT2D eigenvalue weighted by atomic mass is 35.5. The number of para-hydroxylation sites is 2. The fourth-order valence-corrected chi connectivity index (χ4v) is 4.87. The second kappa shape index (κ2) is 7.60. The zero-order valence-electron chi connectivity index (χ0n) is 15.2. The molecule has 0 radical (unpaired) electrons. The van der Waals surface area contributed by atoms with E-state index >= 15 is 0 Å². The molecule has 142 valence electrons. The van der Waals surface area contributed by atoms with Gasteiger partial charge in [0, 0.05) is 11.6 Å². The van der Waals surface area contributed by atoms with Crippen LogP contribution in [0.15, 0.2) is 58.1 Å². The topological polar surface area (TPSA) is 56.7 Å². The number of benzene rings is 2. The smallest absolute Gasteiger partial charge is 0.205 e. The molecule has 0 aliphatic heterocycles. The Morgan fingerprint density at radius 2 is 1.82 bits per heavy atom. The summed E-state index contributed by atoms with van der Waals surface area (Å²) in [6, 6.07) is 16.1. The van der Waals surface area contributed by atoms with Crippen molar-refractivity contribution < 1.29 is 4.42 Å². The molecule has 0 saturated heterocycles. The van der Waals surface area contributed by atoms with Gasteiger partial charge >= 0.3 is 0 Å². The summed E-state index contributed by atoms with van der Waals surface area (Å²) in [7, 11) is 0. The number of hydrogen-bond acceptors (Lipinski definition) is 5. The van der Waals surface area contributed by atoms with Gasteiger partial charge in [-0.15, -0.1) is 10.2 Å². The predicted octanol–water partition coefficient (Wildman–Crippen LogP) is 6.15. The maximum Gasteiger partial charge on any atom is 0.205 e. The third-order valence-electron chi connectivity index (χ3n) is 5.13. The molecule has 1 saturated carbocycles. The number of rotatable bonds is 5. The molecule has 28 heavy (non-hydrogen) atoms. The van der Waals surface area contributed by atoms with Gasteiger partial charge in [-0.1, -0.05) is 60.5 Å². The first kappa shape index (κ1) is 17.8. The van der Waals surface area contributed by atoms with Crippen molar-refractivity contribution in [3.05, 3.63) is 59.4 Å². The third-order valence-corrected chi connectivity index (χ3v) is 6.39. The van der Waals surface area contributed by atoms with Gasteiger partial charge in [0.15, 0.2) is 16.6 Å². The highest BCUT2D eigenvalue weighted by Gasteiger charge is 2.26. The summed E-state index contributed by atoms with van der Waals surface area (Å²) in [5, 5.41) is 10.6.